The SMILES string of the molecule is CCOc1c([C@@H](C)n2nc(C)c3c(N)ncnc32)cc(Cl)c(C)c1[C@@H]1CNC(=O)C1. The maximum atomic E-state index is 11.9. The highest BCUT2D eigenvalue weighted by Crippen LogP contribution is 2.43. The van der Waals surface area contributed by atoms with Crippen LogP contribution in [0.4, 0.5) is 5.82 Å². The maximum Gasteiger partial charge on any atom is 0.220 e. The van der Waals surface area contributed by atoms with Gasteiger partial charge in [-0.25, -0.2) is 14.6 Å². The molecule has 0 radical (unpaired) electrons. The van der Waals surface area contributed by atoms with Gasteiger partial charge in [-0.15, -0.1) is 0 Å². The molecule has 0 saturated carbocycles. The van der Waals surface area contributed by atoms with Gasteiger partial charge in [-0.2, -0.15) is 5.10 Å². The average molecular weight is 429 g/mol. The summed E-state index contributed by atoms with van der Waals surface area (Å²) in [5, 5.41) is 8.98. The number of rotatable bonds is 5. The molecule has 3 heterocycles. The number of aromatic nitrogens is 4. The van der Waals surface area contributed by atoms with E-state index in [1.54, 1.807) is 0 Å². The molecule has 3 N–H and O–H groups in total. The summed E-state index contributed by atoms with van der Waals surface area (Å²) in [6.07, 6.45) is 1.86. The molecule has 1 aromatic carbocycles. The fraction of sp³-hybridized carbons (Fsp3) is 0.429. The third-order valence-corrected chi connectivity index (χ3v) is 6.13. The van der Waals surface area contributed by atoms with Crippen LogP contribution >= 0.6 is 11.6 Å². The minimum absolute atomic E-state index is 0.0118. The van der Waals surface area contributed by atoms with Gasteiger partial charge in [0.05, 0.1) is 23.7 Å². The number of aryl methyl sites for hydroxylation is 1. The fourth-order valence-electron chi connectivity index (χ4n) is 4.25. The molecule has 0 unspecified atom stereocenters. The zero-order valence-corrected chi connectivity index (χ0v) is 18.2. The molecule has 4 rings (SSSR count). The molecule has 30 heavy (non-hydrogen) atoms. The van der Waals surface area contributed by atoms with Crippen molar-refractivity contribution in [3.8, 4) is 5.75 Å². The molecular formula is C21H25ClN6O2. The maximum absolute atomic E-state index is 11.9. The number of benzene rings is 1. The van der Waals surface area contributed by atoms with E-state index in [0.29, 0.717) is 36.1 Å². The largest absolute Gasteiger partial charge is 0.493 e. The minimum Gasteiger partial charge on any atom is -0.493 e. The molecule has 1 saturated heterocycles. The van der Waals surface area contributed by atoms with Crippen molar-refractivity contribution < 1.29 is 9.53 Å². The van der Waals surface area contributed by atoms with E-state index in [9.17, 15) is 4.79 Å². The molecule has 9 heteroatoms. The van der Waals surface area contributed by atoms with Crippen LogP contribution in [0.5, 0.6) is 5.75 Å². The summed E-state index contributed by atoms with van der Waals surface area (Å²) in [5.74, 6) is 1.21. The molecule has 2 aromatic heterocycles. The number of carbonyl (C=O) groups excluding carboxylic acids is 1. The summed E-state index contributed by atoms with van der Waals surface area (Å²) in [7, 11) is 0. The summed E-state index contributed by atoms with van der Waals surface area (Å²) in [4.78, 5) is 20.4. The van der Waals surface area contributed by atoms with Crippen LogP contribution in [0.2, 0.25) is 5.02 Å². The number of fused-ring (bicyclic) bond motifs is 1. The number of anilines is 1. The quantitative estimate of drug-likeness (QED) is 0.645. The third-order valence-electron chi connectivity index (χ3n) is 5.74. The predicted octanol–water partition coefficient (Wildman–Crippen LogP) is 3.29. The van der Waals surface area contributed by atoms with Gasteiger partial charge in [0.1, 0.15) is 17.9 Å². The van der Waals surface area contributed by atoms with Crippen molar-refractivity contribution in [1.82, 2.24) is 25.1 Å². The van der Waals surface area contributed by atoms with Crippen LogP contribution in [0.25, 0.3) is 11.0 Å². The molecule has 1 aliphatic rings. The summed E-state index contributed by atoms with van der Waals surface area (Å²) < 4.78 is 7.97. The van der Waals surface area contributed by atoms with Crippen molar-refractivity contribution in [2.24, 2.45) is 0 Å². The molecule has 8 nitrogen and oxygen atoms in total. The Kier molecular flexibility index (Phi) is 5.27. The Bertz CT molecular complexity index is 1140. The van der Waals surface area contributed by atoms with Crippen molar-refractivity contribution in [2.45, 2.75) is 46.1 Å². The van der Waals surface area contributed by atoms with Gasteiger partial charge < -0.3 is 15.8 Å². The van der Waals surface area contributed by atoms with Gasteiger partial charge in [0.15, 0.2) is 5.65 Å². The van der Waals surface area contributed by atoms with Crippen LogP contribution < -0.4 is 15.8 Å². The van der Waals surface area contributed by atoms with Crippen LogP contribution in [-0.4, -0.2) is 38.8 Å². The molecule has 1 fully saturated rings. The Morgan fingerprint density at radius 2 is 2.17 bits per heavy atom. The minimum atomic E-state index is -0.223. The first-order chi connectivity index (χ1) is 14.3. The van der Waals surface area contributed by atoms with Crippen molar-refractivity contribution in [2.75, 3.05) is 18.9 Å². The zero-order valence-electron chi connectivity index (χ0n) is 17.5. The standard InChI is InChI=1S/C21H25ClN6O2/c1-5-30-19-14(7-15(22)10(2)17(19)13-6-16(29)24-8-13)12(4)28-21-18(11(3)27-28)20(23)25-9-26-21/h7,9,12-13H,5-6,8H2,1-4H3,(H,24,29)(H2,23,25,26)/t12-,13+/m1/s1. The highest BCUT2D eigenvalue weighted by molar-refractivity contribution is 6.31. The Morgan fingerprint density at radius 3 is 2.83 bits per heavy atom. The Balaban J connectivity index is 1.91. The van der Waals surface area contributed by atoms with Crippen molar-refractivity contribution >= 4 is 34.4 Å². The van der Waals surface area contributed by atoms with E-state index in [1.807, 2.05) is 38.4 Å². The Hall–Kier alpha value is -2.87. The molecule has 0 bridgehead atoms. The number of ether oxygens (including phenoxy) is 1. The van der Waals surface area contributed by atoms with Gasteiger partial charge in [-0.3, -0.25) is 4.79 Å². The number of nitrogens with two attached hydrogens (primary N) is 1. The summed E-state index contributed by atoms with van der Waals surface area (Å²) >= 11 is 6.65. The van der Waals surface area contributed by atoms with E-state index >= 15 is 0 Å². The predicted molar refractivity (Wildman–Crippen MR) is 116 cm³/mol. The fourth-order valence-corrected chi connectivity index (χ4v) is 4.47. The van der Waals surface area contributed by atoms with Crippen LogP contribution in [0.1, 0.15) is 54.6 Å². The molecular weight excluding hydrogens is 404 g/mol. The van der Waals surface area contributed by atoms with Crippen LogP contribution in [0.3, 0.4) is 0 Å². The second-order valence-corrected chi connectivity index (χ2v) is 8.02. The lowest BCUT2D eigenvalue weighted by molar-refractivity contribution is -0.119. The molecule has 1 aliphatic heterocycles. The number of nitrogen functional groups attached to an aromatic ring is 1. The summed E-state index contributed by atoms with van der Waals surface area (Å²) in [6.45, 7) is 8.89. The number of nitrogens with zero attached hydrogens (tertiary/aromatic N) is 4. The second-order valence-electron chi connectivity index (χ2n) is 7.62. The van der Waals surface area contributed by atoms with Crippen LogP contribution in [-0.2, 0) is 4.79 Å². The average Bonchev–Trinajstić information content (AvgIpc) is 3.28. The number of halogens is 1. The van der Waals surface area contributed by atoms with E-state index in [2.05, 4.69) is 20.4 Å². The third kappa shape index (κ3) is 3.25. The molecule has 2 atom stereocenters. The number of hydrogen-bond acceptors (Lipinski definition) is 6. The van der Waals surface area contributed by atoms with E-state index in [-0.39, 0.29) is 17.9 Å². The van der Waals surface area contributed by atoms with Crippen LogP contribution in [0.15, 0.2) is 12.4 Å². The first kappa shape index (κ1) is 20.4. The number of hydrogen-bond donors (Lipinski definition) is 2. The normalized spacial score (nSPS) is 17.4. The molecule has 1 amide bonds. The highest BCUT2D eigenvalue weighted by atomic mass is 35.5. The van der Waals surface area contributed by atoms with Crippen molar-refractivity contribution in [1.29, 1.82) is 0 Å². The second kappa shape index (κ2) is 7.75. The van der Waals surface area contributed by atoms with E-state index < -0.39 is 0 Å². The van der Waals surface area contributed by atoms with Gasteiger partial charge >= 0.3 is 0 Å². The number of nitrogens with one attached hydrogen (secondary N) is 1. The van der Waals surface area contributed by atoms with Crippen molar-refractivity contribution in [3.63, 3.8) is 0 Å². The lowest BCUT2D eigenvalue weighted by atomic mass is 9.89. The Morgan fingerprint density at radius 1 is 1.40 bits per heavy atom. The molecule has 158 valence electrons. The van der Waals surface area contributed by atoms with E-state index in [1.165, 1.54) is 6.33 Å². The monoisotopic (exact) mass is 428 g/mol. The Labute approximate surface area is 179 Å². The smallest absolute Gasteiger partial charge is 0.220 e. The van der Waals surface area contributed by atoms with Gasteiger partial charge in [0.25, 0.3) is 0 Å². The van der Waals surface area contributed by atoms with Crippen molar-refractivity contribution in [3.05, 3.63) is 39.8 Å². The van der Waals surface area contributed by atoms with Gasteiger partial charge in [-0.1, -0.05) is 11.6 Å². The van der Waals surface area contributed by atoms with Gasteiger partial charge in [0, 0.05) is 35.0 Å². The number of amides is 1. The number of carbonyl (C=O) groups is 1. The van der Waals surface area contributed by atoms with Gasteiger partial charge in [-0.05, 0) is 39.3 Å². The summed E-state index contributed by atoms with van der Waals surface area (Å²) in [6, 6.07) is 1.70. The van der Waals surface area contributed by atoms with Gasteiger partial charge in [0.2, 0.25) is 5.91 Å². The molecule has 0 spiro atoms. The molecule has 3 aromatic rings. The topological polar surface area (TPSA) is 108 Å². The first-order valence-corrected chi connectivity index (χ1v) is 10.4. The lowest BCUT2D eigenvalue weighted by Crippen LogP contribution is -2.16. The summed E-state index contributed by atoms with van der Waals surface area (Å²) in [5.41, 5.74) is 10.3. The lowest BCUT2D eigenvalue weighted by Gasteiger charge is -2.25. The zero-order chi connectivity index (χ0) is 21.6. The van der Waals surface area contributed by atoms with Crippen LogP contribution in [0, 0.1) is 13.8 Å². The first-order valence-electron chi connectivity index (χ1n) is 10.0. The van der Waals surface area contributed by atoms with E-state index in [4.69, 9.17) is 22.1 Å². The van der Waals surface area contributed by atoms with E-state index in [0.717, 1.165) is 33.5 Å². The molecule has 0 aliphatic carbocycles. The highest BCUT2D eigenvalue weighted by Gasteiger charge is 2.31.